The number of aryl methyl sites for hydroxylation is 2. The van der Waals surface area contributed by atoms with Crippen LogP contribution in [0, 0.1) is 13.8 Å². The van der Waals surface area contributed by atoms with E-state index < -0.39 is 0 Å². The number of halogens is 1. The molecule has 0 saturated heterocycles. The van der Waals surface area contributed by atoms with Crippen molar-refractivity contribution in [2.75, 3.05) is 20.3 Å². The van der Waals surface area contributed by atoms with Gasteiger partial charge in [-0.15, -0.1) is 0 Å². The number of benzene rings is 2. The first kappa shape index (κ1) is 19.5. The highest BCUT2D eigenvalue weighted by atomic mass is 35.5. The Morgan fingerprint density at radius 3 is 2.79 bits per heavy atom. The fraction of sp³-hybridized carbons (Fsp3) is 0.273. The fourth-order valence-corrected chi connectivity index (χ4v) is 4.18. The highest BCUT2D eigenvalue weighted by Crippen LogP contribution is 2.45. The van der Waals surface area contributed by atoms with Crippen molar-refractivity contribution in [3.63, 3.8) is 0 Å². The molecule has 0 spiro atoms. The maximum absolute atomic E-state index is 13.1. The zero-order chi connectivity index (χ0) is 20.7. The number of nitrogens with zero attached hydrogens (tertiary/aromatic N) is 2. The molecule has 0 aliphatic carbocycles. The normalized spacial score (nSPS) is 15.8. The van der Waals surface area contributed by atoms with E-state index in [1.165, 1.54) is 0 Å². The molecule has 6 nitrogen and oxygen atoms in total. The third kappa shape index (κ3) is 3.28. The second-order valence-electron chi connectivity index (χ2n) is 7.29. The van der Waals surface area contributed by atoms with Gasteiger partial charge in [-0.2, -0.15) is 5.10 Å². The van der Waals surface area contributed by atoms with Crippen molar-refractivity contribution in [2.45, 2.75) is 19.9 Å². The Labute approximate surface area is 174 Å². The van der Waals surface area contributed by atoms with Crippen LogP contribution >= 0.6 is 11.6 Å². The van der Waals surface area contributed by atoms with E-state index in [1.54, 1.807) is 18.1 Å². The van der Waals surface area contributed by atoms with E-state index in [4.69, 9.17) is 16.3 Å². The first-order valence-electron chi connectivity index (χ1n) is 9.36. The Hall–Kier alpha value is -2.83. The third-order valence-corrected chi connectivity index (χ3v) is 5.50. The van der Waals surface area contributed by atoms with E-state index in [0.29, 0.717) is 35.1 Å². The molecule has 29 heavy (non-hydrogen) atoms. The van der Waals surface area contributed by atoms with Crippen LogP contribution in [0.25, 0.3) is 11.3 Å². The van der Waals surface area contributed by atoms with Crippen LogP contribution < -0.4 is 0 Å². The number of carbonyl (C=O) groups is 1. The molecular weight excluding hydrogens is 390 g/mol. The number of fused-ring (bicyclic) bond motifs is 1. The maximum Gasteiger partial charge on any atom is 0.273 e. The minimum Gasteiger partial charge on any atom is -0.507 e. The Bertz CT molecular complexity index is 1090. The molecule has 1 aliphatic rings. The molecule has 2 aromatic carbocycles. The van der Waals surface area contributed by atoms with Gasteiger partial charge < -0.3 is 14.7 Å². The summed E-state index contributed by atoms with van der Waals surface area (Å²) in [6.07, 6.45) is 0. The van der Waals surface area contributed by atoms with Crippen molar-refractivity contribution in [2.24, 2.45) is 0 Å². The molecule has 1 aromatic heterocycles. The second-order valence-corrected chi connectivity index (χ2v) is 7.72. The van der Waals surface area contributed by atoms with Gasteiger partial charge in [0.15, 0.2) is 0 Å². The molecule has 2 N–H and O–H groups in total. The molecule has 0 radical (unpaired) electrons. The first-order valence-corrected chi connectivity index (χ1v) is 9.74. The number of rotatable bonds is 5. The lowest BCUT2D eigenvalue weighted by atomic mass is 9.94. The van der Waals surface area contributed by atoms with Crippen molar-refractivity contribution in [3.8, 4) is 17.0 Å². The lowest BCUT2D eigenvalue weighted by Crippen LogP contribution is -2.32. The third-order valence-electron chi connectivity index (χ3n) is 5.26. The van der Waals surface area contributed by atoms with Gasteiger partial charge in [-0.3, -0.25) is 9.89 Å². The molecule has 7 heteroatoms. The fourth-order valence-electron chi connectivity index (χ4n) is 3.99. The van der Waals surface area contributed by atoms with Crippen molar-refractivity contribution in [1.82, 2.24) is 15.1 Å². The number of phenolic OH excluding ortho intramolecular Hbond substituents is 1. The Kier molecular flexibility index (Phi) is 5.06. The molecular formula is C22H22ClN3O3. The molecule has 0 bridgehead atoms. The Morgan fingerprint density at radius 1 is 1.28 bits per heavy atom. The minimum absolute atomic E-state index is 0.148. The van der Waals surface area contributed by atoms with Gasteiger partial charge in [0, 0.05) is 29.8 Å². The van der Waals surface area contributed by atoms with Gasteiger partial charge >= 0.3 is 0 Å². The molecule has 1 atom stereocenters. The summed E-state index contributed by atoms with van der Waals surface area (Å²) >= 11 is 6.24. The molecule has 1 amide bonds. The van der Waals surface area contributed by atoms with Crippen LogP contribution in [0.15, 0.2) is 36.4 Å². The summed E-state index contributed by atoms with van der Waals surface area (Å²) in [6, 6.07) is 10.9. The van der Waals surface area contributed by atoms with Gasteiger partial charge in [0.1, 0.15) is 17.1 Å². The van der Waals surface area contributed by atoms with Crippen LogP contribution in [-0.2, 0) is 4.74 Å². The molecule has 0 fully saturated rings. The van der Waals surface area contributed by atoms with Crippen LogP contribution in [-0.4, -0.2) is 46.4 Å². The van der Waals surface area contributed by atoms with Gasteiger partial charge in [0.2, 0.25) is 0 Å². The van der Waals surface area contributed by atoms with E-state index in [9.17, 15) is 9.90 Å². The number of aromatic hydroxyl groups is 1. The smallest absolute Gasteiger partial charge is 0.273 e. The summed E-state index contributed by atoms with van der Waals surface area (Å²) in [6.45, 7) is 4.65. The van der Waals surface area contributed by atoms with Crippen LogP contribution in [0.1, 0.15) is 38.8 Å². The second kappa shape index (κ2) is 7.54. The molecule has 1 unspecified atom stereocenters. The average molecular weight is 412 g/mol. The van der Waals surface area contributed by atoms with Crippen LogP contribution in [0.2, 0.25) is 5.02 Å². The number of hydrogen-bond acceptors (Lipinski definition) is 4. The van der Waals surface area contributed by atoms with Crippen molar-refractivity contribution >= 4 is 17.5 Å². The number of hydrogen-bond donors (Lipinski definition) is 2. The number of H-pyrrole nitrogens is 1. The molecule has 150 valence electrons. The predicted octanol–water partition coefficient (Wildman–Crippen LogP) is 4.24. The van der Waals surface area contributed by atoms with E-state index in [0.717, 1.165) is 22.3 Å². The van der Waals surface area contributed by atoms with Crippen LogP contribution in [0.3, 0.4) is 0 Å². The Morgan fingerprint density at radius 2 is 2.07 bits per heavy atom. The van der Waals surface area contributed by atoms with E-state index in [-0.39, 0.29) is 17.7 Å². The molecule has 3 aromatic rings. The van der Waals surface area contributed by atoms with E-state index in [1.807, 2.05) is 44.2 Å². The number of aromatic amines is 1. The summed E-state index contributed by atoms with van der Waals surface area (Å²) in [5, 5.41) is 18.6. The van der Waals surface area contributed by atoms with Crippen LogP contribution in [0.4, 0.5) is 0 Å². The van der Waals surface area contributed by atoms with Crippen molar-refractivity contribution < 1.29 is 14.6 Å². The maximum atomic E-state index is 13.1. The summed E-state index contributed by atoms with van der Waals surface area (Å²) in [7, 11) is 1.61. The number of ether oxygens (including phenoxy) is 1. The molecule has 4 rings (SSSR count). The standard InChI is InChI=1S/C22H22ClN3O3/c1-12-9-13(2)21(27)16(10-12)18-17-19(25-24-18)22(28)26(7-8-29-3)20(17)14-5-4-6-15(23)11-14/h4-6,9-11,20,27H,7-8H2,1-3H3,(H,24,25). The minimum atomic E-state index is -0.375. The average Bonchev–Trinajstić information content (AvgIpc) is 3.22. The molecule has 2 heterocycles. The van der Waals surface area contributed by atoms with Crippen molar-refractivity contribution in [3.05, 3.63) is 69.4 Å². The summed E-state index contributed by atoms with van der Waals surface area (Å²) in [5.41, 5.74) is 5.00. The number of carbonyl (C=O) groups excluding carboxylic acids is 1. The van der Waals surface area contributed by atoms with Gasteiger partial charge in [0.25, 0.3) is 5.91 Å². The van der Waals surface area contributed by atoms with Gasteiger partial charge in [0.05, 0.1) is 12.6 Å². The SMILES string of the molecule is COCCN1C(=O)c2[nH]nc(-c3cc(C)cc(C)c3O)c2C1c1cccc(Cl)c1. The number of nitrogens with one attached hydrogen (secondary N) is 1. The lowest BCUT2D eigenvalue weighted by molar-refractivity contribution is 0.0677. The highest BCUT2D eigenvalue weighted by molar-refractivity contribution is 6.30. The van der Waals surface area contributed by atoms with Gasteiger partial charge in [-0.05, 0) is 48.7 Å². The van der Waals surface area contributed by atoms with Crippen LogP contribution in [0.5, 0.6) is 5.75 Å². The summed E-state index contributed by atoms with van der Waals surface area (Å²) in [4.78, 5) is 14.9. The summed E-state index contributed by atoms with van der Waals surface area (Å²) in [5.74, 6) is 0.0159. The zero-order valence-corrected chi connectivity index (χ0v) is 17.2. The lowest BCUT2D eigenvalue weighted by Gasteiger charge is -2.26. The number of methoxy groups -OCH3 is 1. The van der Waals surface area contributed by atoms with E-state index in [2.05, 4.69) is 10.2 Å². The van der Waals surface area contributed by atoms with E-state index >= 15 is 0 Å². The van der Waals surface area contributed by atoms with Crippen molar-refractivity contribution in [1.29, 1.82) is 0 Å². The largest absolute Gasteiger partial charge is 0.507 e. The van der Waals surface area contributed by atoms with Gasteiger partial charge in [-0.1, -0.05) is 29.8 Å². The zero-order valence-electron chi connectivity index (χ0n) is 16.5. The summed E-state index contributed by atoms with van der Waals surface area (Å²) < 4.78 is 5.22. The number of phenols is 1. The molecule has 0 saturated carbocycles. The number of aromatic nitrogens is 2. The topological polar surface area (TPSA) is 78.5 Å². The monoisotopic (exact) mass is 411 g/mol. The molecule has 1 aliphatic heterocycles. The first-order chi connectivity index (χ1) is 13.9. The quantitative estimate of drug-likeness (QED) is 0.658. The highest BCUT2D eigenvalue weighted by Gasteiger charge is 2.42. The number of amides is 1. The Balaban J connectivity index is 1.92. The predicted molar refractivity (Wildman–Crippen MR) is 111 cm³/mol. The van der Waals surface area contributed by atoms with Gasteiger partial charge in [-0.25, -0.2) is 0 Å².